The highest BCUT2D eigenvalue weighted by Crippen LogP contribution is 2.45. The average Bonchev–Trinajstić information content (AvgIpc) is 3.08. The van der Waals surface area contributed by atoms with Crippen molar-refractivity contribution in [3.63, 3.8) is 0 Å². The zero-order valence-corrected chi connectivity index (χ0v) is 25.0. The quantitative estimate of drug-likeness (QED) is 0.125. The standard InChI is InChI=1S/C35H30FNO11/c36-21-12-9-18(10-13-21)26(39)17-46-31-27(37(33(31)43)22-6-2-1-3-7-22)24-14-11-20(16-25(24)38)19-5-4-8-23(15-19)47-35-30(42)28(40)29(41)32(48-35)34(44)45/h1-16,27-32,35,38,40-42H,17H2,(H,44,45)/t27-,28+,29?,30?,31-,32?,35-/m1/s1. The Morgan fingerprint density at radius 3 is 2.23 bits per heavy atom. The van der Waals surface area contributed by atoms with Crippen LogP contribution in [0.4, 0.5) is 10.1 Å². The SMILES string of the molecule is O=C(CO[C@H]1C(=O)N(c2ccccc2)[C@@H]1c1ccc(-c2cccc(O[C@@H]3OC(C(=O)O)C(O)[C@H](O)C3O)c2)cc1O)c1ccc(F)cc1. The number of anilines is 1. The molecule has 12 nitrogen and oxygen atoms in total. The summed E-state index contributed by atoms with van der Waals surface area (Å²) in [5.41, 5.74) is 2.18. The van der Waals surface area contributed by atoms with Gasteiger partial charge >= 0.3 is 5.97 Å². The van der Waals surface area contributed by atoms with Crippen molar-refractivity contribution in [3.05, 3.63) is 114 Å². The van der Waals surface area contributed by atoms with Crippen molar-refractivity contribution in [1.82, 2.24) is 0 Å². The van der Waals surface area contributed by atoms with Gasteiger partial charge in [-0.15, -0.1) is 0 Å². The fourth-order valence-electron chi connectivity index (χ4n) is 5.69. The van der Waals surface area contributed by atoms with Gasteiger partial charge in [-0.1, -0.05) is 42.5 Å². The lowest BCUT2D eigenvalue weighted by molar-refractivity contribution is -0.271. The number of phenolic OH excluding ortho intramolecular Hbond substituents is 1. The molecule has 2 heterocycles. The number of ketones is 1. The van der Waals surface area contributed by atoms with E-state index >= 15 is 0 Å². The monoisotopic (exact) mass is 659 g/mol. The van der Waals surface area contributed by atoms with E-state index in [4.69, 9.17) is 14.2 Å². The van der Waals surface area contributed by atoms with Gasteiger partial charge in [0.2, 0.25) is 6.29 Å². The number of halogens is 1. The molecule has 2 saturated heterocycles. The highest BCUT2D eigenvalue weighted by molar-refractivity contribution is 6.06. The second-order valence-corrected chi connectivity index (χ2v) is 11.3. The molecule has 0 saturated carbocycles. The van der Waals surface area contributed by atoms with E-state index in [-0.39, 0.29) is 17.1 Å². The maximum absolute atomic E-state index is 13.3. The second-order valence-electron chi connectivity index (χ2n) is 11.3. The number of aliphatic carboxylic acids is 1. The van der Waals surface area contributed by atoms with Gasteiger partial charge in [0, 0.05) is 16.8 Å². The predicted octanol–water partition coefficient (Wildman–Crippen LogP) is 2.83. The molecule has 0 radical (unpaired) electrons. The number of rotatable bonds is 10. The van der Waals surface area contributed by atoms with Crippen LogP contribution in [0.1, 0.15) is 22.0 Å². The Bertz CT molecular complexity index is 1820. The number of hydrogen-bond acceptors (Lipinski definition) is 10. The molecule has 5 N–H and O–H groups in total. The Labute approximate surface area is 272 Å². The van der Waals surface area contributed by atoms with Crippen LogP contribution in [-0.4, -0.2) is 86.6 Å². The van der Waals surface area contributed by atoms with Crippen molar-refractivity contribution in [3.8, 4) is 22.6 Å². The van der Waals surface area contributed by atoms with E-state index in [1.54, 1.807) is 54.6 Å². The Morgan fingerprint density at radius 1 is 0.833 bits per heavy atom. The molecule has 1 amide bonds. The van der Waals surface area contributed by atoms with Gasteiger partial charge in [-0.2, -0.15) is 0 Å². The van der Waals surface area contributed by atoms with E-state index in [1.807, 2.05) is 0 Å². The molecule has 7 atom stereocenters. The molecule has 6 rings (SSSR count). The summed E-state index contributed by atoms with van der Waals surface area (Å²) in [6.07, 6.45) is -9.99. The summed E-state index contributed by atoms with van der Waals surface area (Å²) in [6, 6.07) is 24.1. The molecule has 0 aliphatic carbocycles. The predicted molar refractivity (Wildman–Crippen MR) is 166 cm³/mol. The molecule has 0 spiro atoms. The Balaban J connectivity index is 1.23. The van der Waals surface area contributed by atoms with E-state index in [1.165, 1.54) is 35.2 Å². The average molecular weight is 660 g/mol. The van der Waals surface area contributed by atoms with Crippen LogP contribution < -0.4 is 9.64 Å². The molecule has 48 heavy (non-hydrogen) atoms. The third-order valence-electron chi connectivity index (χ3n) is 8.22. The lowest BCUT2D eigenvalue weighted by atomic mass is 9.88. The number of β-lactam (4-membered cyclic amide) rings is 1. The van der Waals surface area contributed by atoms with Crippen LogP contribution in [0, 0.1) is 5.82 Å². The molecule has 13 heteroatoms. The van der Waals surface area contributed by atoms with Crippen LogP contribution in [0.25, 0.3) is 11.1 Å². The number of amides is 1. The zero-order chi connectivity index (χ0) is 34.1. The van der Waals surface area contributed by atoms with Crippen molar-refractivity contribution in [2.24, 2.45) is 0 Å². The van der Waals surface area contributed by atoms with Gasteiger partial charge in [-0.25, -0.2) is 9.18 Å². The van der Waals surface area contributed by atoms with Crippen LogP contribution in [0.15, 0.2) is 97.1 Å². The molecule has 248 valence electrons. The summed E-state index contributed by atoms with van der Waals surface area (Å²) in [5, 5.41) is 50.9. The van der Waals surface area contributed by atoms with Gasteiger partial charge in [0.05, 0.1) is 0 Å². The molecule has 2 aliphatic rings. The van der Waals surface area contributed by atoms with E-state index < -0.39 is 72.9 Å². The molecule has 0 aromatic heterocycles. The smallest absolute Gasteiger partial charge is 0.335 e. The number of nitrogens with zero attached hydrogens (tertiary/aromatic N) is 1. The van der Waals surface area contributed by atoms with Crippen molar-refractivity contribution in [2.45, 2.75) is 42.9 Å². The van der Waals surface area contributed by atoms with Crippen LogP contribution in [0.2, 0.25) is 0 Å². The fourth-order valence-corrected chi connectivity index (χ4v) is 5.69. The van der Waals surface area contributed by atoms with Crippen molar-refractivity contribution in [1.29, 1.82) is 0 Å². The number of aliphatic hydroxyl groups is 3. The Kier molecular flexibility index (Phi) is 9.22. The van der Waals surface area contributed by atoms with E-state index in [0.717, 1.165) is 12.1 Å². The van der Waals surface area contributed by atoms with E-state index in [0.29, 0.717) is 22.4 Å². The first kappa shape index (κ1) is 32.7. The van der Waals surface area contributed by atoms with Gasteiger partial charge in [0.15, 0.2) is 18.0 Å². The van der Waals surface area contributed by atoms with Gasteiger partial charge < -0.3 is 39.7 Å². The number of Topliss-reactive ketones (excluding diaryl/α,β-unsaturated/α-hetero) is 1. The minimum Gasteiger partial charge on any atom is -0.508 e. The van der Waals surface area contributed by atoms with Crippen molar-refractivity contribution < 1.29 is 58.5 Å². The summed E-state index contributed by atoms with van der Waals surface area (Å²) < 4.78 is 30.0. The third-order valence-corrected chi connectivity index (χ3v) is 8.22. The number of carbonyl (C=O) groups is 3. The van der Waals surface area contributed by atoms with Crippen LogP contribution >= 0.6 is 0 Å². The molecule has 2 aliphatic heterocycles. The van der Waals surface area contributed by atoms with Crippen molar-refractivity contribution >= 4 is 23.3 Å². The van der Waals surface area contributed by atoms with Gasteiger partial charge in [0.1, 0.15) is 48.3 Å². The van der Waals surface area contributed by atoms with Crippen LogP contribution in [-0.2, 0) is 19.1 Å². The first-order valence-corrected chi connectivity index (χ1v) is 14.8. The van der Waals surface area contributed by atoms with Crippen molar-refractivity contribution in [2.75, 3.05) is 11.5 Å². The summed E-state index contributed by atoms with van der Waals surface area (Å²) in [7, 11) is 0. The number of ether oxygens (including phenoxy) is 3. The largest absolute Gasteiger partial charge is 0.508 e. The number of carboxylic acids is 1. The maximum Gasteiger partial charge on any atom is 0.335 e. The maximum atomic E-state index is 13.3. The Hall–Kier alpha value is -5.18. The molecule has 4 aromatic rings. The number of carboxylic acid groups (broad SMARTS) is 1. The first-order valence-electron chi connectivity index (χ1n) is 14.8. The first-order chi connectivity index (χ1) is 23.0. The van der Waals surface area contributed by atoms with Gasteiger partial charge in [0.25, 0.3) is 5.91 Å². The van der Waals surface area contributed by atoms with Crippen LogP contribution in [0.5, 0.6) is 11.5 Å². The summed E-state index contributed by atoms with van der Waals surface area (Å²) in [5.74, 6) is -2.95. The number of carbonyl (C=O) groups excluding carboxylic acids is 2. The fraction of sp³-hybridized carbons (Fsp3) is 0.229. The molecular weight excluding hydrogens is 629 g/mol. The number of benzene rings is 4. The molecule has 0 bridgehead atoms. The highest BCUT2D eigenvalue weighted by Gasteiger charge is 2.51. The molecule has 2 fully saturated rings. The number of aromatic hydroxyl groups is 1. The van der Waals surface area contributed by atoms with Crippen LogP contribution in [0.3, 0.4) is 0 Å². The van der Waals surface area contributed by atoms with Gasteiger partial charge in [-0.05, 0) is 65.7 Å². The lowest BCUT2D eigenvalue weighted by Gasteiger charge is -2.46. The molecular formula is C35H30FNO11. The third kappa shape index (κ3) is 6.37. The second kappa shape index (κ2) is 13.5. The number of hydrogen-bond donors (Lipinski definition) is 5. The van der Waals surface area contributed by atoms with E-state index in [2.05, 4.69) is 0 Å². The van der Waals surface area contributed by atoms with Gasteiger partial charge in [-0.3, -0.25) is 14.5 Å². The Morgan fingerprint density at radius 2 is 1.54 bits per heavy atom. The summed E-state index contributed by atoms with van der Waals surface area (Å²) in [6.45, 7) is -0.449. The topological polar surface area (TPSA) is 183 Å². The van der Waals surface area contributed by atoms with E-state index in [9.17, 15) is 44.3 Å². The number of para-hydroxylation sites is 1. The number of phenols is 1. The normalized spacial score (nSPS) is 25.3. The number of aliphatic hydroxyl groups excluding tert-OH is 3. The lowest BCUT2D eigenvalue weighted by Crippen LogP contribution is -2.61. The minimum atomic E-state index is -1.87. The summed E-state index contributed by atoms with van der Waals surface area (Å²) >= 11 is 0. The molecule has 3 unspecified atom stereocenters. The highest BCUT2D eigenvalue weighted by atomic mass is 19.1. The minimum absolute atomic E-state index is 0.131. The molecule has 4 aromatic carbocycles. The zero-order valence-electron chi connectivity index (χ0n) is 25.0. The summed E-state index contributed by atoms with van der Waals surface area (Å²) in [4.78, 5) is 38.9.